The fourth-order valence-corrected chi connectivity index (χ4v) is 4.18. The van der Waals surface area contributed by atoms with Crippen LogP contribution < -0.4 is 14.9 Å². The summed E-state index contributed by atoms with van der Waals surface area (Å²) < 4.78 is 18.5. The molecule has 0 fully saturated rings. The normalized spacial score (nSPS) is 11.4. The summed E-state index contributed by atoms with van der Waals surface area (Å²) in [5.74, 6) is 1.02. The van der Waals surface area contributed by atoms with Gasteiger partial charge in [0, 0.05) is 9.86 Å². The average molecular weight is 557 g/mol. The molecule has 0 saturated carbocycles. The number of amides is 1. The van der Waals surface area contributed by atoms with Gasteiger partial charge in [0.15, 0.2) is 17.3 Å². The van der Waals surface area contributed by atoms with E-state index < -0.39 is 5.91 Å². The van der Waals surface area contributed by atoms with E-state index in [9.17, 15) is 4.79 Å². The Morgan fingerprint density at radius 1 is 1.25 bits per heavy atom. The summed E-state index contributed by atoms with van der Waals surface area (Å²) in [7, 11) is 1.58. The van der Waals surface area contributed by atoms with Crippen molar-refractivity contribution in [2.75, 3.05) is 7.11 Å². The van der Waals surface area contributed by atoms with Crippen molar-refractivity contribution >= 4 is 61.6 Å². The lowest BCUT2D eigenvalue weighted by molar-refractivity contribution is 0.0929. The first-order valence-electron chi connectivity index (χ1n) is 8.44. The summed E-state index contributed by atoms with van der Waals surface area (Å²) in [6.07, 6.45) is 1.57. The van der Waals surface area contributed by atoms with Gasteiger partial charge in [-0.25, -0.2) is 5.43 Å². The van der Waals surface area contributed by atoms with Gasteiger partial charge in [-0.2, -0.15) is 5.10 Å². The first-order chi connectivity index (χ1) is 13.4. The number of carbonyl (C=O) groups excluding carboxylic acids is 1. The standard InChI is InChI=1S/C20H18BrIN2O4/c1-11(2)27-16-5-4-12(6-17(16)26-3)10-23-24-20(25)18-8-13-7-14(21)9-15(22)19(13)28-18/h4-11H,1-3H3,(H,24,25)/b23-10-. The van der Waals surface area contributed by atoms with Crippen LogP contribution in [0.2, 0.25) is 0 Å². The fraction of sp³-hybridized carbons (Fsp3) is 0.200. The van der Waals surface area contributed by atoms with Gasteiger partial charge in [0.05, 0.1) is 23.0 Å². The Bertz CT molecular complexity index is 1050. The maximum atomic E-state index is 12.3. The quantitative estimate of drug-likeness (QED) is 0.252. The number of hydrazone groups is 1. The first-order valence-corrected chi connectivity index (χ1v) is 10.3. The van der Waals surface area contributed by atoms with Gasteiger partial charge in [0.25, 0.3) is 0 Å². The molecule has 6 nitrogen and oxygen atoms in total. The van der Waals surface area contributed by atoms with Crippen molar-refractivity contribution in [2.24, 2.45) is 5.10 Å². The van der Waals surface area contributed by atoms with Crippen LogP contribution in [0.3, 0.4) is 0 Å². The maximum Gasteiger partial charge on any atom is 0.307 e. The summed E-state index contributed by atoms with van der Waals surface area (Å²) in [5, 5.41) is 4.85. The number of fused-ring (bicyclic) bond motifs is 1. The molecule has 146 valence electrons. The van der Waals surface area contributed by atoms with Crippen LogP contribution in [0.15, 0.2) is 50.4 Å². The largest absolute Gasteiger partial charge is 0.493 e. The Hall–Kier alpha value is -2.07. The predicted molar refractivity (Wildman–Crippen MR) is 120 cm³/mol. The highest BCUT2D eigenvalue weighted by Gasteiger charge is 2.14. The minimum atomic E-state index is -0.425. The monoisotopic (exact) mass is 556 g/mol. The van der Waals surface area contributed by atoms with E-state index in [4.69, 9.17) is 13.9 Å². The lowest BCUT2D eigenvalue weighted by Crippen LogP contribution is -2.16. The Kier molecular flexibility index (Phi) is 6.61. The van der Waals surface area contributed by atoms with Gasteiger partial charge in [-0.05, 0) is 78.4 Å². The number of furan rings is 1. The Balaban J connectivity index is 1.72. The van der Waals surface area contributed by atoms with Crippen molar-refractivity contribution in [3.8, 4) is 11.5 Å². The van der Waals surface area contributed by atoms with Gasteiger partial charge in [-0.3, -0.25) is 4.79 Å². The molecule has 3 aromatic rings. The van der Waals surface area contributed by atoms with E-state index in [1.807, 2.05) is 32.0 Å². The molecule has 2 aromatic carbocycles. The van der Waals surface area contributed by atoms with Crippen LogP contribution in [0, 0.1) is 3.57 Å². The summed E-state index contributed by atoms with van der Waals surface area (Å²) in [6.45, 7) is 3.89. The molecule has 0 aliphatic carbocycles. The van der Waals surface area contributed by atoms with Crippen LogP contribution in [-0.2, 0) is 0 Å². The van der Waals surface area contributed by atoms with Gasteiger partial charge in [-0.1, -0.05) is 15.9 Å². The van der Waals surface area contributed by atoms with Crippen LogP contribution in [0.25, 0.3) is 11.0 Å². The highest BCUT2D eigenvalue weighted by molar-refractivity contribution is 14.1. The second kappa shape index (κ2) is 8.95. The third-order valence-electron chi connectivity index (χ3n) is 3.69. The van der Waals surface area contributed by atoms with E-state index in [0.717, 1.165) is 19.0 Å². The van der Waals surface area contributed by atoms with Crippen LogP contribution in [0.4, 0.5) is 0 Å². The SMILES string of the molecule is COc1cc(/C=N\NC(=O)c2cc3cc(Br)cc(I)c3o2)ccc1OC(C)C. The molecule has 1 heterocycles. The summed E-state index contributed by atoms with van der Waals surface area (Å²) in [5.41, 5.74) is 3.91. The van der Waals surface area contributed by atoms with Crippen LogP contribution in [0.5, 0.6) is 11.5 Å². The third kappa shape index (κ3) is 4.85. The summed E-state index contributed by atoms with van der Waals surface area (Å²) in [6, 6.07) is 10.9. The number of benzene rings is 2. The highest BCUT2D eigenvalue weighted by atomic mass is 127. The zero-order valence-electron chi connectivity index (χ0n) is 15.5. The summed E-state index contributed by atoms with van der Waals surface area (Å²) >= 11 is 5.60. The first kappa shape index (κ1) is 20.7. The molecule has 1 N–H and O–H groups in total. The average Bonchev–Trinajstić information content (AvgIpc) is 3.06. The number of nitrogens with one attached hydrogen (secondary N) is 1. The van der Waals surface area contributed by atoms with E-state index in [1.165, 1.54) is 6.21 Å². The van der Waals surface area contributed by atoms with Crippen molar-refractivity contribution in [3.05, 3.63) is 55.8 Å². The van der Waals surface area contributed by atoms with Gasteiger partial charge in [0.1, 0.15) is 5.58 Å². The molecular formula is C20H18BrIN2O4. The zero-order valence-corrected chi connectivity index (χ0v) is 19.2. The van der Waals surface area contributed by atoms with Gasteiger partial charge in [-0.15, -0.1) is 0 Å². The van der Waals surface area contributed by atoms with E-state index in [-0.39, 0.29) is 11.9 Å². The van der Waals surface area contributed by atoms with Gasteiger partial charge < -0.3 is 13.9 Å². The Morgan fingerprint density at radius 3 is 2.75 bits per heavy atom. The predicted octanol–water partition coefficient (Wildman–Crippen LogP) is 5.36. The molecule has 0 unspecified atom stereocenters. The van der Waals surface area contributed by atoms with E-state index in [2.05, 4.69) is 49.0 Å². The Labute approximate surface area is 184 Å². The number of methoxy groups -OCH3 is 1. The molecule has 0 atom stereocenters. The molecule has 3 rings (SSSR count). The lowest BCUT2D eigenvalue weighted by atomic mass is 10.2. The zero-order chi connectivity index (χ0) is 20.3. The number of halogens is 2. The van der Waals surface area contributed by atoms with E-state index in [0.29, 0.717) is 17.1 Å². The third-order valence-corrected chi connectivity index (χ3v) is 4.95. The molecule has 1 aromatic heterocycles. The van der Waals surface area contributed by atoms with Crippen molar-refractivity contribution in [1.82, 2.24) is 5.43 Å². The molecule has 0 spiro atoms. The minimum absolute atomic E-state index is 0.0419. The van der Waals surface area contributed by atoms with Crippen molar-refractivity contribution < 1.29 is 18.7 Å². The molecule has 0 aliphatic heterocycles. The molecule has 0 saturated heterocycles. The topological polar surface area (TPSA) is 73.1 Å². The fourth-order valence-electron chi connectivity index (χ4n) is 2.52. The molecule has 1 amide bonds. The van der Waals surface area contributed by atoms with E-state index in [1.54, 1.807) is 25.3 Å². The molecular weight excluding hydrogens is 539 g/mol. The molecule has 0 bridgehead atoms. The molecule has 8 heteroatoms. The maximum absolute atomic E-state index is 12.3. The number of hydrogen-bond acceptors (Lipinski definition) is 5. The van der Waals surface area contributed by atoms with Crippen molar-refractivity contribution in [3.63, 3.8) is 0 Å². The summed E-state index contributed by atoms with van der Waals surface area (Å²) in [4.78, 5) is 12.3. The number of nitrogens with zero attached hydrogens (tertiary/aromatic N) is 1. The van der Waals surface area contributed by atoms with Crippen LogP contribution in [0.1, 0.15) is 30.0 Å². The number of carbonyl (C=O) groups is 1. The molecule has 0 radical (unpaired) electrons. The lowest BCUT2D eigenvalue weighted by Gasteiger charge is -2.13. The number of hydrogen-bond donors (Lipinski definition) is 1. The number of ether oxygens (including phenoxy) is 2. The van der Waals surface area contributed by atoms with Crippen molar-refractivity contribution in [2.45, 2.75) is 20.0 Å². The Morgan fingerprint density at radius 2 is 2.04 bits per heavy atom. The molecule has 0 aliphatic rings. The van der Waals surface area contributed by atoms with Gasteiger partial charge in [0.2, 0.25) is 0 Å². The highest BCUT2D eigenvalue weighted by Crippen LogP contribution is 2.29. The van der Waals surface area contributed by atoms with Crippen LogP contribution >= 0.6 is 38.5 Å². The van der Waals surface area contributed by atoms with Crippen LogP contribution in [-0.4, -0.2) is 25.3 Å². The second-order valence-corrected chi connectivity index (χ2v) is 8.27. The van der Waals surface area contributed by atoms with Gasteiger partial charge >= 0.3 is 5.91 Å². The number of rotatable bonds is 6. The smallest absolute Gasteiger partial charge is 0.307 e. The molecule has 28 heavy (non-hydrogen) atoms. The van der Waals surface area contributed by atoms with E-state index >= 15 is 0 Å². The minimum Gasteiger partial charge on any atom is -0.493 e. The van der Waals surface area contributed by atoms with Crippen molar-refractivity contribution in [1.29, 1.82) is 0 Å². The second-order valence-electron chi connectivity index (χ2n) is 6.19.